The van der Waals surface area contributed by atoms with Crippen LogP contribution >= 0.6 is 0 Å². The quantitative estimate of drug-likeness (QED) is 0.558. The van der Waals surface area contributed by atoms with Crippen LogP contribution in [0.4, 0.5) is 4.79 Å². The van der Waals surface area contributed by atoms with E-state index >= 15 is 0 Å². The fraction of sp³-hybridized carbons (Fsp3) is 0.583. The third kappa shape index (κ3) is 10.6. The van der Waals surface area contributed by atoms with Gasteiger partial charge in [-0.15, -0.1) is 0 Å². The molecule has 0 saturated carbocycles. The smallest absolute Gasteiger partial charge is 0.407 e. The van der Waals surface area contributed by atoms with Crippen LogP contribution in [0.3, 0.4) is 0 Å². The van der Waals surface area contributed by atoms with Crippen LogP contribution in [-0.4, -0.2) is 24.8 Å². The largest absolute Gasteiger partial charge is 0.444 e. The Bertz CT molecular complexity index is 265. The maximum atomic E-state index is 11.2. The van der Waals surface area contributed by atoms with E-state index < -0.39 is 11.7 Å². The number of allylic oxidation sites excluding steroid dienone is 2. The normalized spacial score (nSPS) is 11.2. The van der Waals surface area contributed by atoms with Gasteiger partial charge in [0.05, 0.1) is 0 Å². The van der Waals surface area contributed by atoms with Gasteiger partial charge < -0.3 is 15.4 Å². The molecule has 92 valence electrons. The van der Waals surface area contributed by atoms with E-state index in [1.54, 1.807) is 6.20 Å². The Balaban J connectivity index is 3.53. The predicted molar refractivity (Wildman–Crippen MR) is 66.2 cm³/mol. The first kappa shape index (κ1) is 14.6. The van der Waals surface area contributed by atoms with Crippen molar-refractivity contribution in [2.24, 2.45) is 0 Å². The Morgan fingerprint density at radius 1 is 1.38 bits per heavy atom. The van der Waals surface area contributed by atoms with Crippen LogP contribution in [0.5, 0.6) is 0 Å². The third-order valence-electron chi connectivity index (χ3n) is 1.42. The second kappa shape index (κ2) is 6.93. The summed E-state index contributed by atoms with van der Waals surface area (Å²) in [5.74, 6) is 0. The fourth-order valence-electron chi connectivity index (χ4n) is 0.835. The molecule has 0 atom stereocenters. The number of hydrogen-bond donors (Lipinski definition) is 2. The van der Waals surface area contributed by atoms with Crippen molar-refractivity contribution in [3.05, 3.63) is 24.4 Å². The van der Waals surface area contributed by atoms with Crippen molar-refractivity contribution >= 4 is 6.09 Å². The lowest BCUT2D eigenvalue weighted by atomic mass is 10.2. The van der Waals surface area contributed by atoms with E-state index in [4.69, 9.17) is 4.74 Å². The van der Waals surface area contributed by atoms with Crippen molar-refractivity contribution in [3.63, 3.8) is 0 Å². The second-order valence-electron chi connectivity index (χ2n) is 4.56. The summed E-state index contributed by atoms with van der Waals surface area (Å²) in [5, 5.41) is 5.67. The highest BCUT2D eigenvalue weighted by atomic mass is 16.6. The SMILES string of the molecule is C=C(C)/C=C\NCCNC(=O)OC(C)(C)C. The van der Waals surface area contributed by atoms with E-state index in [1.807, 2.05) is 33.8 Å². The summed E-state index contributed by atoms with van der Waals surface area (Å²) < 4.78 is 5.07. The van der Waals surface area contributed by atoms with E-state index in [9.17, 15) is 4.79 Å². The Morgan fingerprint density at radius 3 is 2.50 bits per heavy atom. The number of alkyl carbamates (subject to hydrolysis) is 1. The third-order valence-corrected chi connectivity index (χ3v) is 1.42. The van der Waals surface area contributed by atoms with Crippen LogP contribution in [0.1, 0.15) is 27.7 Å². The molecule has 0 bridgehead atoms. The minimum atomic E-state index is -0.447. The summed E-state index contributed by atoms with van der Waals surface area (Å²) in [6.45, 7) is 12.3. The van der Waals surface area contributed by atoms with Gasteiger partial charge in [-0.25, -0.2) is 4.79 Å². The summed E-state index contributed by atoms with van der Waals surface area (Å²) in [6.07, 6.45) is 3.28. The Hall–Kier alpha value is -1.45. The molecule has 0 aliphatic rings. The minimum absolute atomic E-state index is 0.391. The molecule has 0 rings (SSSR count). The van der Waals surface area contributed by atoms with Crippen LogP contribution in [-0.2, 0) is 4.74 Å². The Labute approximate surface area is 97.7 Å². The second-order valence-corrected chi connectivity index (χ2v) is 4.56. The molecule has 4 nitrogen and oxygen atoms in total. The van der Waals surface area contributed by atoms with Crippen LogP contribution in [0.15, 0.2) is 24.4 Å². The van der Waals surface area contributed by atoms with Gasteiger partial charge in [-0.05, 0) is 40.0 Å². The molecule has 0 fully saturated rings. The molecule has 0 aliphatic heterocycles. The number of carbonyl (C=O) groups excluding carboxylic acids is 1. The maximum absolute atomic E-state index is 11.2. The van der Waals surface area contributed by atoms with Crippen molar-refractivity contribution in [3.8, 4) is 0 Å². The van der Waals surface area contributed by atoms with E-state index in [2.05, 4.69) is 17.2 Å². The van der Waals surface area contributed by atoms with Gasteiger partial charge in [0.25, 0.3) is 0 Å². The number of rotatable bonds is 5. The number of hydrogen-bond acceptors (Lipinski definition) is 3. The van der Waals surface area contributed by atoms with Gasteiger partial charge in [-0.3, -0.25) is 0 Å². The van der Waals surface area contributed by atoms with Gasteiger partial charge in [-0.2, -0.15) is 0 Å². The van der Waals surface area contributed by atoms with Gasteiger partial charge in [0.1, 0.15) is 5.60 Å². The predicted octanol–water partition coefficient (Wildman–Crippen LogP) is 2.19. The molecule has 0 aromatic carbocycles. The minimum Gasteiger partial charge on any atom is -0.444 e. The zero-order valence-electron chi connectivity index (χ0n) is 10.6. The van der Waals surface area contributed by atoms with Crippen LogP contribution < -0.4 is 10.6 Å². The molecular formula is C12H22N2O2. The number of ether oxygens (including phenoxy) is 1. The zero-order valence-corrected chi connectivity index (χ0v) is 10.6. The summed E-state index contributed by atoms with van der Waals surface area (Å²) in [5.41, 5.74) is 0.532. The number of nitrogens with one attached hydrogen (secondary N) is 2. The molecule has 4 heteroatoms. The topological polar surface area (TPSA) is 50.4 Å². The van der Waals surface area contributed by atoms with Gasteiger partial charge in [0.15, 0.2) is 0 Å². The molecule has 0 aromatic rings. The summed E-state index contributed by atoms with van der Waals surface area (Å²) >= 11 is 0. The van der Waals surface area contributed by atoms with Crippen molar-refractivity contribution in [2.75, 3.05) is 13.1 Å². The maximum Gasteiger partial charge on any atom is 0.407 e. The van der Waals surface area contributed by atoms with Gasteiger partial charge in [0, 0.05) is 13.1 Å². The van der Waals surface area contributed by atoms with Crippen LogP contribution in [0, 0.1) is 0 Å². The molecule has 1 amide bonds. The molecule has 0 aromatic heterocycles. The first-order valence-corrected chi connectivity index (χ1v) is 5.33. The Morgan fingerprint density at radius 2 is 2.00 bits per heavy atom. The first-order valence-electron chi connectivity index (χ1n) is 5.33. The lowest BCUT2D eigenvalue weighted by molar-refractivity contribution is 0.0529. The molecule has 0 saturated heterocycles. The lowest BCUT2D eigenvalue weighted by Crippen LogP contribution is -2.35. The van der Waals surface area contributed by atoms with Crippen molar-refractivity contribution < 1.29 is 9.53 Å². The average molecular weight is 226 g/mol. The van der Waals surface area contributed by atoms with Crippen molar-refractivity contribution in [2.45, 2.75) is 33.3 Å². The fourth-order valence-corrected chi connectivity index (χ4v) is 0.835. The molecule has 0 heterocycles. The van der Waals surface area contributed by atoms with Crippen LogP contribution in [0.25, 0.3) is 0 Å². The van der Waals surface area contributed by atoms with Gasteiger partial charge in [-0.1, -0.05) is 12.2 Å². The van der Waals surface area contributed by atoms with E-state index in [-0.39, 0.29) is 0 Å². The van der Waals surface area contributed by atoms with Gasteiger partial charge >= 0.3 is 6.09 Å². The van der Waals surface area contributed by atoms with Crippen molar-refractivity contribution in [1.29, 1.82) is 0 Å². The van der Waals surface area contributed by atoms with E-state index in [1.165, 1.54) is 0 Å². The highest BCUT2D eigenvalue weighted by Crippen LogP contribution is 2.05. The highest BCUT2D eigenvalue weighted by molar-refractivity contribution is 5.67. The first-order chi connectivity index (χ1) is 7.31. The van der Waals surface area contributed by atoms with Crippen molar-refractivity contribution in [1.82, 2.24) is 10.6 Å². The average Bonchev–Trinajstić information content (AvgIpc) is 2.07. The van der Waals surface area contributed by atoms with E-state index in [0.717, 1.165) is 5.57 Å². The molecule has 0 spiro atoms. The standard InChI is InChI=1S/C12H22N2O2/c1-10(2)6-7-13-8-9-14-11(15)16-12(3,4)5/h6-7,13H,1,8-9H2,2-5H3,(H,14,15)/b7-6-. The zero-order chi connectivity index (χ0) is 12.6. The lowest BCUT2D eigenvalue weighted by Gasteiger charge is -2.19. The number of carbonyl (C=O) groups is 1. The summed E-state index contributed by atoms with van der Waals surface area (Å²) in [4.78, 5) is 11.2. The monoisotopic (exact) mass is 226 g/mol. The number of amides is 1. The Kier molecular flexibility index (Phi) is 6.30. The molecule has 0 radical (unpaired) electrons. The van der Waals surface area contributed by atoms with E-state index in [0.29, 0.717) is 13.1 Å². The van der Waals surface area contributed by atoms with Crippen LogP contribution in [0.2, 0.25) is 0 Å². The molecule has 2 N–H and O–H groups in total. The summed E-state index contributed by atoms with van der Waals surface area (Å²) in [6, 6.07) is 0. The molecule has 0 unspecified atom stereocenters. The molecular weight excluding hydrogens is 204 g/mol. The molecule has 0 aliphatic carbocycles. The highest BCUT2D eigenvalue weighted by Gasteiger charge is 2.15. The summed E-state index contributed by atoms with van der Waals surface area (Å²) in [7, 11) is 0. The van der Waals surface area contributed by atoms with Gasteiger partial charge in [0.2, 0.25) is 0 Å². The molecule has 16 heavy (non-hydrogen) atoms.